The number of hydrogen-bond acceptors (Lipinski definition) is 5. The van der Waals surface area contributed by atoms with Crippen molar-refractivity contribution in [2.45, 2.75) is 13.3 Å². The highest BCUT2D eigenvalue weighted by atomic mass is 16.6. The molecule has 0 fully saturated rings. The van der Waals surface area contributed by atoms with Crippen LogP contribution in [-0.2, 0) is 11.2 Å². The van der Waals surface area contributed by atoms with Crippen molar-refractivity contribution in [3.63, 3.8) is 0 Å². The van der Waals surface area contributed by atoms with Gasteiger partial charge in [0, 0.05) is 6.07 Å². The maximum Gasteiger partial charge on any atom is 0.315 e. The zero-order valence-corrected chi connectivity index (χ0v) is 12.2. The van der Waals surface area contributed by atoms with Crippen LogP contribution in [0.1, 0.15) is 11.1 Å². The molecule has 0 N–H and O–H groups in total. The average Bonchev–Trinajstić information content (AvgIpc) is 2.47. The SMILES string of the molecule is COc1ccc(CC(=O)Oc2cc(C)ccc2[N+](=O)[O-])cc1. The predicted molar refractivity (Wildman–Crippen MR) is 80.2 cm³/mol. The maximum absolute atomic E-state index is 11.9. The summed E-state index contributed by atoms with van der Waals surface area (Å²) in [4.78, 5) is 22.3. The van der Waals surface area contributed by atoms with Crippen LogP contribution in [0.15, 0.2) is 42.5 Å². The van der Waals surface area contributed by atoms with Gasteiger partial charge in [-0.25, -0.2) is 0 Å². The van der Waals surface area contributed by atoms with Gasteiger partial charge in [-0.2, -0.15) is 0 Å². The van der Waals surface area contributed by atoms with Gasteiger partial charge in [0.1, 0.15) is 5.75 Å². The molecule has 6 nitrogen and oxygen atoms in total. The molecule has 0 aliphatic carbocycles. The molecule has 6 heteroatoms. The minimum Gasteiger partial charge on any atom is -0.497 e. The Labute approximate surface area is 127 Å². The van der Waals surface area contributed by atoms with E-state index in [2.05, 4.69) is 0 Å². The van der Waals surface area contributed by atoms with E-state index in [1.807, 2.05) is 0 Å². The van der Waals surface area contributed by atoms with E-state index in [0.29, 0.717) is 5.75 Å². The quantitative estimate of drug-likeness (QED) is 0.367. The molecule has 0 saturated heterocycles. The highest BCUT2D eigenvalue weighted by Gasteiger charge is 2.18. The van der Waals surface area contributed by atoms with Crippen LogP contribution in [0.2, 0.25) is 0 Å². The summed E-state index contributed by atoms with van der Waals surface area (Å²) in [5.74, 6) is 0.0915. The molecule has 0 radical (unpaired) electrons. The van der Waals surface area contributed by atoms with Crippen molar-refractivity contribution in [1.82, 2.24) is 0 Å². The number of carbonyl (C=O) groups is 1. The summed E-state index contributed by atoms with van der Waals surface area (Å²) in [7, 11) is 1.56. The Hall–Kier alpha value is -2.89. The number of rotatable bonds is 5. The van der Waals surface area contributed by atoms with Crippen molar-refractivity contribution in [2.24, 2.45) is 0 Å². The fourth-order valence-electron chi connectivity index (χ4n) is 1.92. The number of methoxy groups -OCH3 is 1. The van der Waals surface area contributed by atoms with Crippen LogP contribution in [-0.4, -0.2) is 18.0 Å². The number of nitro benzene ring substituents is 1. The second kappa shape index (κ2) is 6.71. The summed E-state index contributed by atoms with van der Waals surface area (Å²) < 4.78 is 10.2. The van der Waals surface area contributed by atoms with E-state index in [1.54, 1.807) is 44.4 Å². The van der Waals surface area contributed by atoms with Crippen molar-refractivity contribution >= 4 is 11.7 Å². The van der Waals surface area contributed by atoms with Gasteiger partial charge < -0.3 is 9.47 Å². The van der Waals surface area contributed by atoms with Gasteiger partial charge in [0.25, 0.3) is 0 Å². The maximum atomic E-state index is 11.9. The van der Waals surface area contributed by atoms with E-state index < -0.39 is 10.9 Å². The number of nitrogens with zero attached hydrogens (tertiary/aromatic N) is 1. The Morgan fingerprint density at radius 2 is 1.86 bits per heavy atom. The molecule has 0 aliphatic rings. The molecule has 2 rings (SSSR count). The van der Waals surface area contributed by atoms with Crippen molar-refractivity contribution < 1.29 is 19.2 Å². The van der Waals surface area contributed by atoms with Gasteiger partial charge in [-0.05, 0) is 36.2 Å². The molecule has 0 atom stereocenters. The molecular weight excluding hydrogens is 286 g/mol. The molecule has 0 saturated carbocycles. The summed E-state index contributed by atoms with van der Waals surface area (Å²) in [6.45, 7) is 1.77. The zero-order valence-electron chi connectivity index (χ0n) is 12.2. The number of aryl methyl sites for hydroxylation is 1. The van der Waals surface area contributed by atoms with Gasteiger partial charge in [-0.1, -0.05) is 18.2 Å². The number of nitro groups is 1. The number of ether oxygens (including phenoxy) is 2. The Kier molecular flexibility index (Phi) is 4.73. The zero-order chi connectivity index (χ0) is 16.1. The van der Waals surface area contributed by atoms with Crippen LogP contribution in [0.25, 0.3) is 0 Å². The smallest absolute Gasteiger partial charge is 0.315 e. The molecule has 0 heterocycles. The molecule has 0 amide bonds. The topological polar surface area (TPSA) is 78.7 Å². The summed E-state index contributed by atoms with van der Waals surface area (Å²) in [5.41, 5.74) is 1.28. The van der Waals surface area contributed by atoms with Crippen molar-refractivity contribution in [1.29, 1.82) is 0 Å². The van der Waals surface area contributed by atoms with E-state index in [-0.39, 0.29) is 17.9 Å². The average molecular weight is 301 g/mol. The van der Waals surface area contributed by atoms with Gasteiger partial charge in [0.05, 0.1) is 18.5 Å². The third-order valence-electron chi connectivity index (χ3n) is 3.04. The first-order chi connectivity index (χ1) is 10.5. The molecule has 22 heavy (non-hydrogen) atoms. The van der Waals surface area contributed by atoms with Crippen LogP contribution in [0.5, 0.6) is 11.5 Å². The second-order valence-electron chi connectivity index (χ2n) is 4.73. The molecular formula is C16H15NO5. The minimum atomic E-state index is -0.574. The summed E-state index contributed by atoms with van der Waals surface area (Å²) in [6.07, 6.45) is 0.0229. The summed E-state index contributed by atoms with van der Waals surface area (Å²) in [5, 5.41) is 10.9. The second-order valence-corrected chi connectivity index (χ2v) is 4.73. The first kappa shape index (κ1) is 15.5. The van der Waals surface area contributed by atoms with E-state index in [0.717, 1.165) is 11.1 Å². The lowest BCUT2D eigenvalue weighted by Gasteiger charge is -2.06. The van der Waals surface area contributed by atoms with Gasteiger partial charge in [0.2, 0.25) is 5.75 Å². The first-order valence-corrected chi connectivity index (χ1v) is 6.58. The Morgan fingerprint density at radius 3 is 2.45 bits per heavy atom. The monoisotopic (exact) mass is 301 g/mol. The standard InChI is InChI=1S/C16H15NO5/c1-11-3-8-14(17(19)20)15(9-11)22-16(18)10-12-4-6-13(21-2)7-5-12/h3-9H,10H2,1-2H3. The van der Waals surface area contributed by atoms with Gasteiger partial charge in [-0.15, -0.1) is 0 Å². The Bertz CT molecular complexity index is 694. The fourth-order valence-corrected chi connectivity index (χ4v) is 1.92. The van der Waals surface area contributed by atoms with Crippen molar-refractivity contribution in [2.75, 3.05) is 7.11 Å². The lowest BCUT2D eigenvalue weighted by atomic mass is 10.1. The van der Waals surface area contributed by atoms with Crippen molar-refractivity contribution in [3.8, 4) is 11.5 Å². The number of benzene rings is 2. The van der Waals surface area contributed by atoms with E-state index >= 15 is 0 Å². The van der Waals surface area contributed by atoms with Crippen LogP contribution in [0.3, 0.4) is 0 Å². The molecule has 114 valence electrons. The normalized spacial score (nSPS) is 10.1. The summed E-state index contributed by atoms with van der Waals surface area (Å²) in [6, 6.07) is 11.3. The largest absolute Gasteiger partial charge is 0.497 e. The molecule has 0 aromatic heterocycles. The summed E-state index contributed by atoms with van der Waals surface area (Å²) >= 11 is 0. The minimum absolute atomic E-state index is 0.0229. The number of hydrogen-bond donors (Lipinski definition) is 0. The van der Waals surface area contributed by atoms with Crippen LogP contribution >= 0.6 is 0 Å². The lowest BCUT2D eigenvalue weighted by molar-refractivity contribution is -0.385. The molecule has 0 spiro atoms. The van der Waals surface area contributed by atoms with E-state index in [1.165, 1.54) is 12.1 Å². The van der Waals surface area contributed by atoms with Crippen LogP contribution in [0, 0.1) is 17.0 Å². The van der Waals surface area contributed by atoms with Gasteiger partial charge in [-0.3, -0.25) is 14.9 Å². The van der Waals surface area contributed by atoms with Gasteiger partial charge >= 0.3 is 11.7 Å². The molecule has 2 aromatic carbocycles. The molecule has 0 aliphatic heterocycles. The first-order valence-electron chi connectivity index (χ1n) is 6.58. The molecule has 0 bridgehead atoms. The Morgan fingerprint density at radius 1 is 1.18 bits per heavy atom. The van der Waals surface area contributed by atoms with Crippen LogP contribution in [0.4, 0.5) is 5.69 Å². The fraction of sp³-hybridized carbons (Fsp3) is 0.188. The highest BCUT2D eigenvalue weighted by molar-refractivity contribution is 5.76. The molecule has 0 unspecified atom stereocenters. The third kappa shape index (κ3) is 3.82. The molecule has 2 aromatic rings. The third-order valence-corrected chi connectivity index (χ3v) is 3.04. The van der Waals surface area contributed by atoms with Crippen molar-refractivity contribution in [3.05, 3.63) is 63.7 Å². The Balaban J connectivity index is 2.11. The number of carbonyl (C=O) groups excluding carboxylic acids is 1. The lowest BCUT2D eigenvalue weighted by Crippen LogP contribution is -2.12. The van der Waals surface area contributed by atoms with Gasteiger partial charge in [0.15, 0.2) is 0 Å². The number of esters is 1. The predicted octanol–water partition coefficient (Wildman–Crippen LogP) is 3.06. The van der Waals surface area contributed by atoms with Crippen LogP contribution < -0.4 is 9.47 Å². The highest BCUT2D eigenvalue weighted by Crippen LogP contribution is 2.28. The van der Waals surface area contributed by atoms with E-state index in [9.17, 15) is 14.9 Å². The van der Waals surface area contributed by atoms with E-state index in [4.69, 9.17) is 9.47 Å².